The van der Waals surface area contributed by atoms with Gasteiger partial charge in [-0.25, -0.2) is 9.52 Å². The lowest BCUT2D eigenvalue weighted by Crippen LogP contribution is -2.48. The van der Waals surface area contributed by atoms with E-state index in [1.54, 1.807) is 25.5 Å². The van der Waals surface area contributed by atoms with E-state index in [0.29, 0.717) is 0 Å². The van der Waals surface area contributed by atoms with E-state index >= 15 is 0 Å². The minimum atomic E-state index is -4.17. The molecule has 18 heavy (non-hydrogen) atoms. The van der Waals surface area contributed by atoms with Crippen LogP contribution in [0.5, 0.6) is 0 Å². The van der Waals surface area contributed by atoms with Gasteiger partial charge in [0, 0.05) is 0 Å². The summed E-state index contributed by atoms with van der Waals surface area (Å²) in [6.45, 7) is 6.25. The van der Waals surface area contributed by atoms with Crippen LogP contribution in [0.2, 0.25) is 0 Å². The third kappa shape index (κ3) is 7.07. The number of ether oxygens (including phenoxy) is 2. The molecule has 2 N–H and O–H groups in total. The van der Waals surface area contributed by atoms with Crippen LogP contribution in [-0.4, -0.2) is 39.2 Å². The maximum atomic E-state index is 11.5. The molecule has 0 aliphatic carbocycles. The fourth-order valence-electron chi connectivity index (χ4n) is 0.852. The molecule has 0 aromatic carbocycles. The zero-order chi connectivity index (χ0) is 14.6. The Kier molecular flexibility index (Phi) is 5.55. The topological polar surface area (TPSA) is 111 Å². The van der Waals surface area contributed by atoms with Crippen LogP contribution in [0.4, 0.5) is 4.79 Å². The lowest BCUT2D eigenvalue weighted by atomic mass is 10.2. The molecule has 8 nitrogen and oxygen atoms in total. The largest absolute Gasteiger partial charge is 0.459 e. The second kappa shape index (κ2) is 6.01. The molecule has 0 rings (SSSR count). The van der Waals surface area contributed by atoms with Crippen LogP contribution in [0.1, 0.15) is 27.7 Å². The Balaban J connectivity index is 4.52. The summed E-state index contributed by atoms with van der Waals surface area (Å²) < 4.78 is 35.3. The van der Waals surface area contributed by atoms with E-state index < -0.39 is 33.9 Å². The average molecular weight is 282 g/mol. The Morgan fingerprint density at radius 2 is 1.72 bits per heavy atom. The number of amides is 1. The molecule has 0 radical (unpaired) electrons. The summed E-state index contributed by atoms with van der Waals surface area (Å²) in [6.07, 6.45) is -1.15. The van der Waals surface area contributed by atoms with Crippen LogP contribution >= 0.6 is 0 Å². The molecular weight excluding hydrogens is 264 g/mol. The summed E-state index contributed by atoms with van der Waals surface area (Å²) in [5.74, 6) is -0.752. The van der Waals surface area contributed by atoms with Gasteiger partial charge in [0.2, 0.25) is 0 Å². The zero-order valence-corrected chi connectivity index (χ0v) is 11.8. The van der Waals surface area contributed by atoms with Crippen LogP contribution in [0.15, 0.2) is 0 Å². The van der Waals surface area contributed by atoms with Gasteiger partial charge >= 0.3 is 22.3 Å². The van der Waals surface area contributed by atoms with Crippen LogP contribution in [0, 0.1) is 0 Å². The Hall–Kier alpha value is -1.35. The second-order valence-electron chi connectivity index (χ2n) is 4.47. The summed E-state index contributed by atoms with van der Waals surface area (Å²) in [5.41, 5.74) is -0.730. The fraction of sp³-hybridized carbons (Fsp3) is 0.778. The van der Waals surface area contributed by atoms with Crippen LogP contribution in [0.25, 0.3) is 0 Å². The molecule has 0 saturated heterocycles. The molecular formula is C9H18N2O6S. The number of carbonyl (C=O) groups is 2. The van der Waals surface area contributed by atoms with Crippen molar-refractivity contribution in [3.05, 3.63) is 0 Å². The summed E-state index contributed by atoms with van der Waals surface area (Å²) in [4.78, 5) is 22.2. The third-order valence-electron chi connectivity index (χ3n) is 1.50. The maximum absolute atomic E-state index is 11.5. The van der Waals surface area contributed by atoms with Crippen molar-refractivity contribution >= 4 is 22.3 Å². The van der Waals surface area contributed by atoms with Crippen molar-refractivity contribution < 1.29 is 27.5 Å². The molecule has 0 aliphatic heterocycles. The summed E-state index contributed by atoms with van der Waals surface area (Å²) in [7, 11) is -3.15. The maximum Gasteiger partial charge on any atom is 0.421 e. The van der Waals surface area contributed by atoms with E-state index in [0.717, 1.165) is 7.11 Å². The van der Waals surface area contributed by atoms with E-state index in [1.165, 1.54) is 6.92 Å². The molecule has 0 spiro atoms. The highest BCUT2D eigenvalue weighted by Crippen LogP contribution is 2.08. The van der Waals surface area contributed by atoms with Gasteiger partial charge in [0.25, 0.3) is 0 Å². The number of hydrogen-bond acceptors (Lipinski definition) is 6. The molecule has 0 saturated carbocycles. The highest BCUT2D eigenvalue weighted by molar-refractivity contribution is 7.88. The molecule has 9 heteroatoms. The minimum Gasteiger partial charge on any atom is -0.459 e. The van der Waals surface area contributed by atoms with E-state index in [4.69, 9.17) is 4.74 Å². The monoisotopic (exact) mass is 282 g/mol. The first-order valence-electron chi connectivity index (χ1n) is 5.08. The van der Waals surface area contributed by atoms with Gasteiger partial charge in [0.1, 0.15) is 11.6 Å². The predicted molar refractivity (Wildman–Crippen MR) is 62.9 cm³/mol. The Labute approximate surface area is 106 Å². The first-order valence-corrected chi connectivity index (χ1v) is 6.56. The van der Waals surface area contributed by atoms with Gasteiger partial charge in [0.05, 0.1) is 7.11 Å². The molecule has 1 atom stereocenters. The zero-order valence-electron chi connectivity index (χ0n) is 10.9. The number of hydrogen-bond donors (Lipinski definition) is 2. The number of nitrogens with one attached hydrogen (secondary N) is 2. The van der Waals surface area contributed by atoms with Gasteiger partial charge in [-0.05, 0) is 27.7 Å². The third-order valence-corrected chi connectivity index (χ3v) is 2.59. The number of methoxy groups -OCH3 is 1. The second-order valence-corrected chi connectivity index (χ2v) is 5.92. The smallest absolute Gasteiger partial charge is 0.421 e. The molecule has 0 bridgehead atoms. The summed E-state index contributed by atoms with van der Waals surface area (Å²) >= 11 is 0. The first kappa shape index (κ1) is 16.6. The van der Waals surface area contributed by atoms with E-state index in [9.17, 15) is 18.0 Å². The van der Waals surface area contributed by atoms with Gasteiger partial charge < -0.3 is 9.47 Å². The lowest BCUT2D eigenvalue weighted by molar-refractivity contribution is -0.156. The van der Waals surface area contributed by atoms with Crippen LogP contribution in [-0.2, 0) is 24.5 Å². The van der Waals surface area contributed by atoms with Gasteiger partial charge in [-0.15, -0.1) is 0 Å². The van der Waals surface area contributed by atoms with Gasteiger partial charge in [-0.3, -0.25) is 4.79 Å². The van der Waals surface area contributed by atoms with Crippen molar-refractivity contribution in [2.45, 2.75) is 39.3 Å². The van der Waals surface area contributed by atoms with Crippen molar-refractivity contribution in [2.75, 3.05) is 7.11 Å². The molecule has 0 fully saturated rings. The van der Waals surface area contributed by atoms with Crippen LogP contribution in [0.3, 0.4) is 0 Å². The van der Waals surface area contributed by atoms with E-state index in [1.807, 2.05) is 4.72 Å². The van der Waals surface area contributed by atoms with Crippen molar-refractivity contribution in [1.29, 1.82) is 0 Å². The number of rotatable bonds is 4. The fourth-order valence-corrected chi connectivity index (χ4v) is 1.78. The SMILES string of the molecule is COC(=O)NS(=O)(=O)N[C@@H](C)C(=O)OC(C)(C)C. The summed E-state index contributed by atoms with van der Waals surface area (Å²) in [6, 6.07) is -1.13. The van der Waals surface area contributed by atoms with E-state index in [2.05, 4.69) is 4.74 Å². The van der Waals surface area contributed by atoms with Gasteiger partial charge in [-0.1, -0.05) is 0 Å². The van der Waals surface area contributed by atoms with Crippen LogP contribution < -0.4 is 9.44 Å². The quantitative estimate of drug-likeness (QED) is 0.697. The standard InChI is InChI=1S/C9H18N2O6S/c1-6(7(12)17-9(2,3)4)10-18(14,15)11-8(13)16-5/h6,10H,1-5H3,(H,11,13)/t6-/m0/s1. The number of carbonyl (C=O) groups excluding carboxylic acids is 2. The lowest BCUT2D eigenvalue weighted by Gasteiger charge is -2.22. The van der Waals surface area contributed by atoms with Gasteiger partial charge in [-0.2, -0.15) is 13.1 Å². The molecule has 0 aliphatic rings. The summed E-state index contributed by atoms with van der Waals surface area (Å²) in [5, 5.41) is 0. The number of esters is 1. The molecule has 0 aromatic rings. The predicted octanol–water partition coefficient (Wildman–Crippen LogP) is -0.0930. The van der Waals surface area contributed by atoms with E-state index in [-0.39, 0.29) is 0 Å². The average Bonchev–Trinajstić information content (AvgIpc) is 2.13. The normalized spacial score (nSPS) is 13.6. The van der Waals surface area contributed by atoms with Crippen molar-refractivity contribution in [1.82, 2.24) is 9.44 Å². The molecule has 1 amide bonds. The molecule has 0 aromatic heterocycles. The Bertz CT molecular complexity index is 411. The van der Waals surface area contributed by atoms with Crippen molar-refractivity contribution in [3.63, 3.8) is 0 Å². The molecule has 0 unspecified atom stereocenters. The van der Waals surface area contributed by atoms with Crippen molar-refractivity contribution in [3.8, 4) is 0 Å². The highest BCUT2D eigenvalue weighted by atomic mass is 32.2. The Morgan fingerprint density at radius 1 is 1.22 bits per heavy atom. The minimum absolute atomic E-state index is 0.730. The Morgan fingerprint density at radius 3 is 2.11 bits per heavy atom. The van der Waals surface area contributed by atoms with Crippen molar-refractivity contribution in [2.24, 2.45) is 0 Å². The first-order chi connectivity index (χ1) is 7.97. The molecule has 0 heterocycles. The highest BCUT2D eigenvalue weighted by Gasteiger charge is 2.26. The molecule has 106 valence electrons. The van der Waals surface area contributed by atoms with Gasteiger partial charge in [0.15, 0.2) is 0 Å².